The van der Waals surface area contributed by atoms with E-state index in [4.69, 9.17) is 23.9 Å². The number of imidazole rings is 1. The molecule has 3 N–H and O–H groups in total. The molecule has 53 heavy (non-hydrogen) atoms. The van der Waals surface area contributed by atoms with Crippen molar-refractivity contribution in [3.8, 4) is 11.5 Å². The van der Waals surface area contributed by atoms with Crippen LogP contribution in [0.5, 0.6) is 11.5 Å². The van der Waals surface area contributed by atoms with Crippen molar-refractivity contribution in [3.05, 3.63) is 112 Å². The van der Waals surface area contributed by atoms with Crippen molar-refractivity contribution in [1.29, 1.82) is 0 Å². The summed E-state index contributed by atoms with van der Waals surface area (Å²) in [5, 5.41) is 15.0. The van der Waals surface area contributed by atoms with Crippen molar-refractivity contribution in [2.24, 2.45) is 23.2 Å². The van der Waals surface area contributed by atoms with E-state index in [0.717, 1.165) is 52.5 Å². The molecule has 276 valence electrons. The minimum absolute atomic E-state index is 0.0726. The third kappa shape index (κ3) is 6.18. The molecule has 1 aliphatic heterocycles. The smallest absolute Gasteiger partial charge is 0.280 e. The minimum Gasteiger partial charge on any atom is -0.497 e. The Morgan fingerprint density at radius 1 is 0.868 bits per heavy atom. The second kappa shape index (κ2) is 13.6. The van der Waals surface area contributed by atoms with Gasteiger partial charge >= 0.3 is 0 Å². The van der Waals surface area contributed by atoms with Crippen LogP contribution >= 0.6 is 0 Å². The van der Waals surface area contributed by atoms with Crippen LogP contribution in [0.4, 0.5) is 5.95 Å². The van der Waals surface area contributed by atoms with E-state index >= 15 is 0 Å². The number of aromatic nitrogens is 4. The fourth-order valence-corrected chi connectivity index (χ4v) is 10.3. The third-order valence-corrected chi connectivity index (χ3v) is 12.4. The van der Waals surface area contributed by atoms with Crippen LogP contribution in [0.2, 0.25) is 0 Å². The zero-order chi connectivity index (χ0) is 36.2. The number of benzene rings is 3. The molecule has 5 aromatic rings. The van der Waals surface area contributed by atoms with Gasteiger partial charge in [0.05, 0.1) is 33.3 Å². The summed E-state index contributed by atoms with van der Waals surface area (Å²) < 4.78 is 26.3. The molecule has 3 atom stereocenters. The number of aliphatic hydroxyl groups excluding tert-OH is 1. The average Bonchev–Trinajstić information content (AvgIpc) is 3.78. The number of aromatic amines is 1. The Balaban J connectivity index is 0.982. The van der Waals surface area contributed by atoms with E-state index in [-0.39, 0.29) is 29.5 Å². The molecular weight excluding hydrogens is 670 g/mol. The lowest BCUT2D eigenvalue weighted by molar-refractivity contribution is -0.0931. The lowest BCUT2D eigenvalue weighted by Gasteiger charge is -2.56. The van der Waals surface area contributed by atoms with Gasteiger partial charge in [0.1, 0.15) is 29.4 Å². The van der Waals surface area contributed by atoms with E-state index in [9.17, 15) is 9.90 Å². The number of methoxy groups -OCH3 is 2. The van der Waals surface area contributed by atoms with E-state index in [1.54, 1.807) is 25.1 Å². The first kappa shape index (κ1) is 34.1. The second-order valence-electron chi connectivity index (χ2n) is 15.8. The number of fused-ring (bicyclic) bond motifs is 1. The van der Waals surface area contributed by atoms with Gasteiger partial charge in [-0.05, 0) is 103 Å². The third-order valence-electron chi connectivity index (χ3n) is 12.4. The van der Waals surface area contributed by atoms with Gasteiger partial charge in [0, 0.05) is 13.0 Å². The Labute approximate surface area is 308 Å². The van der Waals surface area contributed by atoms with E-state index in [1.165, 1.54) is 38.5 Å². The Kier molecular flexibility index (Phi) is 8.75. The summed E-state index contributed by atoms with van der Waals surface area (Å²) in [5.74, 6) is 4.43. The molecule has 0 radical (unpaired) electrons. The number of anilines is 1. The zero-order valence-electron chi connectivity index (χ0n) is 30.2. The summed E-state index contributed by atoms with van der Waals surface area (Å²) in [5.41, 5.74) is 2.27. The molecule has 5 fully saturated rings. The minimum atomic E-state index is -1.06. The molecule has 3 heterocycles. The highest BCUT2D eigenvalue weighted by molar-refractivity contribution is 5.71. The Bertz CT molecular complexity index is 2030. The number of rotatable bonds is 12. The van der Waals surface area contributed by atoms with Crippen LogP contribution in [0.25, 0.3) is 11.2 Å². The first-order valence-corrected chi connectivity index (χ1v) is 18.9. The van der Waals surface area contributed by atoms with E-state index < -0.39 is 24.0 Å². The fraction of sp³-hybridized carbons (Fsp3) is 0.452. The van der Waals surface area contributed by atoms with Gasteiger partial charge in [-0.1, -0.05) is 54.6 Å². The highest BCUT2D eigenvalue weighted by atomic mass is 16.6. The highest BCUT2D eigenvalue weighted by Gasteiger charge is 2.51. The van der Waals surface area contributed by atoms with Gasteiger partial charge in [0.25, 0.3) is 5.56 Å². The molecule has 1 saturated heterocycles. The van der Waals surface area contributed by atoms with Gasteiger partial charge in [0.15, 0.2) is 11.2 Å². The maximum absolute atomic E-state index is 13.2. The number of ether oxygens (including phenoxy) is 4. The predicted molar refractivity (Wildman–Crippen MR) is 200 cm³/mol. The lowest BCUT2D eigenvalue weighted by atomic mass is 9.49. The number of nitrogens with one attached hydrogen (secondary N) is 2. The summed E-state index contributed by atoms with van der Waals surface area (Å²) in [6.45, 7) is 0.881. The number of H-pyrrole nitrogens is 1. The van der Waals surface area contributed by atoms with Gasteiger partial charge in [-0.3, -0.25) is 14.3 Å². The normalized spacial score (nSPS) is 27.7. The van der Waals surface area contributed by atoms with Crippen molar-refractivity contribution >= 4 is 17.1 Å². The van der Waals surface area contributed by atoms with Crippen LogP contribution in [0.3, 0.4) is 0 Å². The number of aliphatic hydroxyl groups is 1. The van der Waals surface area contributed by atoms with E-state index in [2.05, 4.69) is 15.3 Å². The molecule has 10 rings (SSSR count). The van der Waals surface area contributed by atoms with Crippen molar-refractivity contribution in [1.82, 2.24) is 19.5 Å². The molecule has 4 saturated carbocycles. The summed E-state index contributed by atoms with van der Waals surface area (Å²) in [7, 11) is 3.29. The molecule has 0 unspecified atom stereocenters. The molecule has 11 heteroatoms. The lowest BCUT2D eigenvalue weighted by Crippen LogP contribution is -2.49. The monoisotopic (exact) mass is 717 g/mol. The van der Waals surface area contributed by atoms with Gasteiger partial charge < -0.3 is 29.4 Å². The summed E-state index contributed by atoms with van der Waals surface area (Å²) in [4.78, 5) is 25.4. The standard InChI is InChI=1S/C42H47N5O6/c1-50-32-12-8-30(9-13-32)42(29-6-4-3-5-7-29,31-10-14-33(51-2)15-11-31)52-23-35-34(48)19-36(53-35)47-25-44-37-38(47)45-40(46-39(37)49)43-24-41-20-26-16-27(21-41)18-28(17-26)22-41/h3-15,25-28,34-36,48H,16-24H2,1-2H3,(H2,43,45,46,49)/t26?,27?,28?,34-,35+,36+,41?/m0/s1. The Hall–Kier alpha value is -4.71. The number of nitrogens with zero attached hydrogens (tertiary/aromatic N) is 3. The van der Waals surface area contributed by atoms with Crippen LogP contribution in [0.15, 0.2) is 90.0 Å². The van der Waals surface area contributed by atoms with Gasteiger partial charge in [0.2, 0.25) is 5.95 Å². The number of hydrogen-bond donors (Lipinski definition) is 3. The molecule has 2 aromatic heterocycles. The van der Waals surface area contributed by atoms with Gasteiger partial charge in [-0.2, -0.15) is 4.98 Å². The quantitative estimate of drug-likeness (QED) is 0.125. The second-order valence-corrected chi connectivity index (χ2v) is 15.8. The Morgan fingerprint density at radius 3 is 2.04 bits per heavy atom. The summed E-state index contributed by atoms with van der Waals surface area (Å²) >= 11 is 0. The van der Waals surface area contributed by atoms with E-state index in [1.807, 2.05) is 78.9 Å². The van der Waals surface area contributed by atoms with Crippen LogP contribution in [0, 0.1) is 23.2 Å². The fourth-order valence-electron chi connectivity index (χ4n) is 10.3. The molecule has 5 aliphatic rings. The molecule has 3 aromatic carbocycles. The zero-order valence-corrected chi connectivity index (χ0v) is 30.2. The van der Waals surface area contributed by atoms with Gasteiger partial charge in [-0.25, -0.2) is 4.98 Å². The molecule has 0 spiro atoms. The van der Waals surface area contributed by atoms with Gasteiger partial charge in [-0.15, -0.1) is 0 Å². The highest BCUT2D eigenvalue weighted by Crippen LogP contribution is 2.60. The van der Waals surface area contributed by atoms with Crippen LogP contribution in [0.1, 0.15) is 67.9 Å². The van der Waals surface area contributed by atoms with Crippen LogP contribution in [-0.2, 0) is 15.1 Å². The summed E-state index contributed by atoms with van der Waals surface area (Å²) in [6.07, 6.45) is 7.69. The van der Waals surface area contributed by atoms with Crippen LogP contribution in [-0.4, -0.2) is 64.2 Å². The Morgan fingerprint density at radius 2 is 1.45 bits per heavy atom. The topological polar surface area (TPSA) is 133 Å². The maximum Gasteiger partial charge on any atom is 0.280 e. The van der Waals surface area contributed by atoms with Crippen molar-refractivity contribution in [2.45, 2.75) is 69.0 Å². The van der Waals surface area contributed by atoms with E-state index in [0.29, 0.717) is 11.6 Å². The van der Waals surface area contributed by atoms with Crippen molar-refractivity contribution in [2.75, 3.05) is 32.7 Å². The summed E-state index contributed by atoms with van der Waals surface area (Å²) in [6, 6.07) is 25.7. The molecule has 11 nitrogen and oxygen atoms in total. The van der Waals surface area contributed by atoms with Crippen molar-refractivity contribution < 1.29 is 24.1 Å². The average molecular weight is 718 g/mol. The first-order chi connectivity index (χ1) is 25.8. The molecule has 4 aliphatic carbocycles. The largest absolute Gasteiger partial charge is 0.497 e. The predicted octanol–water partition coefficient (Wildman–Crippen LogP) is 6.42. The molecule has 0 amide bonds. The number of hydrogen-bond acceptors (Lipinski definition) is 9. The van der Waals surface area contributed by atoms with Crippen molar-refractivity contribution in [3.63, 3.8) is 0 Å². The van der Waals surface area contributed by atoms with Crippen LogP contribution < -0.4 is 20.3 Å². The molecular formula is C42H47N5O6. The maximum atomic E-state index is 13.2. The molecule has 4 bridgehead atoms. The SMILES string of the molecule is COc1ccc(C(OC[C@H]2O[C@@H](n3cnc4c(=O)[nH]c(NCC56CC7CC(CC(C7)C5)C6)nc43)C[C@@H]2O)(c2ccccc2)c2ccc(OC)cc2)cc1. The first-order valence-electron chi connectivity index (χ1n) is 18.9.